The van der Waals surface area contributed by atoms with Crippen LogP contribution < -0.4 is 5.32 Å². The largest absolute Gasteiger partial charge is 0.480 e. The van der Waals surface area contributed by atoms with Crippen LogP contribution >= 0.6 is 0 Å². The lowest BCUT2D eigenvalue weighted by molar-refractivity contribution is -0.139. The number of amides is 1. The summed E-state index contributed by atoms with van der Waals surface area (Å²) in [5, 5.41) is 21.2. The highest BCUT2D eigenvalue weighted by Gasteiger charge is 2.25. The maximum Gasteiger partial charge on any atom is 0.338 e. The maximum absolute atomic E-state index is 14.1. The highest BCUT2D eigenvalue weighted by atomic mass is 19.1. The molecule has 0 spiro atoms. The average Bonchev–Trinajstić information content (AvgIpc) is 3.56. The van der Waals surface area contributed by atoms with E-state index < -0.39 is 35.3 Å². The van der Waals surface area contributed by atoms with Crippen LogP contribution in [0, 0.1) is 5.82 Å². The number of benzene rings is 2. The van der Waals surface area contributed by atoms with Crippen molar-refractivity contribution < 1.29 is 33.4 Å². The van der Waals surface area contributed by atoms with Gasteiger partial charge in [-0.25, -0.2) is 19.0 Å². The first-order chi connectivity index (χ1) is 18.3. The Labute approximate surface area is 216 Å². The van der Waals surface area contributed by atoms with E-state index in [0.717, 1.165) is 54.7 Å². The van der Waals surface area contributed by atoms with Gasteiger partial charge in [0.05, 0.1) is 28.4 Å². The topological polar surface area (TPSA) is 135 Å². The number of hydrogen-bond acceptors (Lipinski definition) is 5. The van der Waals surface area contributed by atoms with Crippen LogP contribution in [0.2, 0.25) is 0 Å². The van der Waals surface area contributed by atoms with Gasteiger partial charge in [-0.05, 0) is 54.8 Å². The number of fused-ring (bicyclic) bond motifs is 1. The van der Waals surface area contributed by atoms with Gasteiger partial charge in [0.15, 0.2) is 0 Å². The number of aromatic carboxylic acids is 1. The van der Waals surface area contributed by atoms with E-state index in [4.69, 9.17) is 14.5 Å². The number of furan rings is 1. The predicted molar refractivity (Wildman–Crippen MR) is 136 cm³/mol. The average molecular weight is 520 g/mol. The zero-order valence-corrected chi connectivity index (χ0v) is 20.4. The van der Waals surface area contributed by atoms with E-state index in [1.165, 1.54) is 12.5 Å². The number of carboxylic acid groups (broad SMARTS) is 2. The quantitative estimate of drug-likeness (QED) is 0.296. The molecule has 0 radical (unpaired) electrons. The molecule has 2 aromatic carbocycles. The van der Waals surface area contributed by atoms with Gasteiger partial charge in [-0.1, -0.05) is 25.3 Å². The molecule has 0 aliphatic heterocycles. The second-order valence-electron chi connectivity index (χ2n) is 9.50. The predicted octanol–water partition coefficient (Wildman–Crippen LogP) is 5.06. The highest BCUT2D eigenvalue weighted by Crippen LogP contribution is 2.36. The van der Waals surface area contributed by atoms with E-state index in [9.17, 15) is 23.9 Å². The van der Waals surface area contributed by atoms with Gasteiger partial charge in [0, 0.05) is 18.0 Å². The van der Waals surface area contributed by atoms with Crippen molar-refractivity contribution in [2.45, 2.75) is 50.6 Å². The lowest BCUT2D eigenvalue weighted by Gasteiger charge is -2.25. The maximum atomic E-state index is 14.1. The number of carbonyl (C=O) groups is 3. The molecule has 196 valence electrons. The number of aromatic nitrogens is 2. The second-order valence-corrected chi connectivity index (χ2v) is 9.50. The van der Waals surface area contributed by atoms with Gasteiger partial charge >= 0.3 is 11.9 Å². The molecule has 0 saturated heterocycles. The third-order valence-electron chi connectivity index (χ3n) is 6.98. The zero-order chi connectivity index (χ0) is 26.8. The molecule has 0 bridgehead atoms. The van der Waals surface area contributed by atoms with Crippen molar-refractivity contribution in [1.82, 2.24) is 14.9 Å². The normalized spacial score (nSPS) is 14.9. The number of rotatable bonds is 8. The van der Waals surface area contributed by atoms with Crippen LogP contribution in [-0.2, 0) is 11.2 Å². The number of hydrogen-bond donors (Lipinski definition) is 3. The molecule has 1 atom stereocenters. The molecule has 1 aliphatic rings. The van der Waals surface area contributed by atoms with E-state index in [-0.39, 0.29) is 23.6 Å². The van der Waals surface area contributed by atoms with Crippen LogP contribution in [0.25, 0.3) is 22.4 Å². The van der Waals surface area contributed by atoms with Crippen molar-refractivity contribution in [2.24, 2.45) is 0 Å². The SMILES string of the molecule is O=C(NC(Cc1ccc(C(=O)O)c(F)c1)C(=O)O)c1ccc2c(c1)nc(-c1ccoc1)n2C1CCCCC1. The Hall–Kier alpha value is -4.47. The van der Waals surface area contributed by atoms with Gasteiger partial charge < -0.3 is 24.5 Å². The molecule has 1 unspecified atom stereocenters. The van der Waals surface area contributed by atoms with Crippen molar-refractivity contribution in [3.05, 3.63) is 77.5 Å². The number of nitrogens with zero attached hydrogens (tertiary/aromatic N) is 2. The molecule has 38 heavy (non-hydrogen) atoms. The summed E-state index contributed by atoms with van der Waals surface area (Å²) in [4.78, 5) is 40.8. The molecule has 3 N–H and O–H groups in total. The van der Waals surface area contributed by atoms with Gasteiger partial charge in [-0.3, -0.25) is 4.79 Å². The smallest absolute Gasteiger partial charge is 0.338 e. The van der Waals surface area contributed by atoms with Gasteiger partial charge in [-0.2, -0.15) is 0 Å². The molecule has 1 aliphatic carbocycles. The van der Waals surface area contributed by atoms with E-state index >= 15 is 0 Å². The molecule has 4 aromatic rings. The van der Waals surface area contributed by atoms with Crippen LogP contribution in [0.3, 0.4) is 0 Å². The Bertz CT molecular complexity index is 1500. The fourth-order valence-electron chi connectivity index (χ4n) is 5.08. The monoisotopic (exact) mass is 519 g/mol. The molecule has 2 heterocycles. The van der Waals surface area contributed by atoms with E-state index in [1.54, 1.807) is 24.7 Å². The van der Waals surface area contributed by atoms with Crippen LogP contribution in [0.4, 0.5) is 4.39 Å². The fraction of sp³-hybridized carbons (Fsp3) is 0.286. The zero-order valence-electron chi connectivity index (χ0n) is 20.4. The van der Waals surface area contributed by atoms with Crippen molar-refractivity contribution in [3.8, 4) is 11.4 Å². The first-order valence-corrected chi connectivity index (χ1v) is 12.4. The fourth-order valence-corrected chi connectivity index (χ4v) is 5.08. The van der Waals surface area contributed by atoms with Gasteiger partial charge in [0.25, 0.3) is 5.91 Å². The van der Waals surface area contributed by atoms with Gasteiger partial charge in [-0.15, -0.1) is 0 Å². The van der Waals surface area contributed by atoms with Crippen molar-refractivity contribution in [3.63, 3.8) is 0 Å². The number of nitrogens with one attached hydrogen (secondary N) is 1. The van der Waals surface area contributed by atoms with Crippen molar-refractivity contribution >= 4 is 28.9 Å². The molecule has 1 saturated carbocycles. The molecular weight excluding hydrogens is 493 g/mol. The molecular formula is C28H26FN3O6. The lowest BCUT2D eigenvalue weighted by Crippen LogP contribution is -2.42. The summed E-state index contributed by atoms with van der Waals surface area (Å²) < 4.78 is 21.6. The number of aliphatic carboxylic acids is 1. The van der Waals surface area contributed by atoms with Crippen LogP contribution in [0.1, 0.15) is 64.4 Å². The molecule has 1 amide bonds. The number of carboxylic acids is 2. The minimum Gasteiger partial charge on any atom is -0.480 e. The number of halogens is 1. The summed E-state index contributed by atoms with van der Waals surface area (Å²) in [6, 6.07) is 9.23. The lowest BCUT2D eigenvalue weighted by atomic mass is 9.95. The van der Waals surface area contributed by atoms with E-state index in [0.29, 0.717) is 5.52 Å². The Morgan fingerprint density at radius 1 is 1.08 bits per heavy atom. The minimum absolute atomic E-state index is 0.221. The number of imidazole rings is 1. The third kappa shape index (κ3) is 5.02. The molecule has 5 rings (SSSR count). The first-order valence-electron chi connectivity index (χ1n) is 12.4. The van der Waals surface area contributed by atoms with Crippen LogP contribution in [-0.4, -0.2) is 43.7 Å². The Morgan fingerprint density at radius 3 is 2.53 bits per heavy atom. The number of carbonyl (C=O) groups excluding carboxylic acids is 1. The van der Waals surface area contributed by atoms with Crippen LogP contribution in [0.5, 0.6) is 0 Å². The Kier molecular flexibility index (Phi) is 6.95. The van der Waals surface area contributed by atoms with Gasteiger partial charge in [0.2, 0.25) is 0 Å². The Balaban J connectivity index is 1.41. The van der Waals surface area contributed by atoms with E-state index in [2.05, 4.69) is 9.88 Å². The highest BCUT2D eigenvalue weighted by molar-refractivity contribution is 5.99. The first kappa shape index (κ1) is 25.2. The van der Waals surface area contributed by atoms with Crippen molar-refractivity contribution in [1.29, 1.82) is 0 Å². The standard InChI is InChI=1S/C28H26FN3O6/c29-21-12-16(6-8-20(21)27(34)35)13-23(28(36)37)31-26(33)17-7-9-24-22(14-17)30-25(18-10-11-38-15-18)32(24)19-4-2-1-3-5-19/h6-12,14-15,19,23H,1-5,13H2,(H,31,33)(H,34,35)(H,36,37). The summed E-state index contributed by atoms with van der Waals surface area (Å²) in [7, 11) is 0. The minimum atomic E-state index is -1.42. The Morgan fingerprint density at radius 2 is 1.87 bits per heavy atom. The van der Waals surface area contributed by atoms with Gasteiger partial charge in [0.1, 0.15) is 23.9 Å². The van der Waals surface area contributed by atoms with Crippen molar-refractivity contribution in [2.75, 3.05) is 0 Å². The van der Waals surface area contributed by atoms with E-state index in [1.807, 2.05) is 12.1 Å². The summed E-state index contributed by atoms with van der Waals surface area (Å²) in [6.07, 6.45) is 8.55. The molecule has 10 heteroatoms. The summed E-state index contributed by atoms with van der Waals surface area (Å²) in [5.41, 5.74) is 2.30. The second kappa shape index (κ2) is 10.5. The third-order valence-corrected chi connectivity index (χ3v) is 6.98. The van der Waals surface area contributed by atoms with Crippen LogP contribution in [0.15, 0.2) is 59.4 Å². The summed E-state index contributed by atoms with van der Waals surface area (Å²) in [6.45, 7) is 0. The molecule has 1 fully saturated rings. The summed E-state index contributed by atoms with van der Waals surface area (Å²) >= 11 is 0. The summed E-state index contributed by atoms with van der Waals surface area (Å²) in [5.74, 6) is -3.55. The molecule has 9 nitrogen and oxygen atoms in total. The molecule has 2 aromatic heterocycles.